The third-order valence-corrected chi connectivity index (χ3v) is 4.27. The average Bonchev–Trinajstić information content (AvgIpc) is 3.17. The molecule has 112 valence electrons. The van der Waals surface area contributed by atoms with E-state index in [0.29, 0.717) is 6.61 Å². The van der Waals surface area contributed by atoms with Crippen LogP contribution in [0.2, 0.25) is 0 Å². The Balaban J connectivity index is 1.57. The second-order valence-electron chi connectivity index (χ2n) is 5.55. The topological polar surface area (TPSA) is 40.0 Å². The van der Waals surface area contributed by atoms with E-state index in [1.165, 1.54) is 0 Å². The number of nitrogens with zero attached hydrogens (tertiary/aromatic N) is 1. The standard InChI is InChI=1S/C18H17NO3/c1-20-14-9-7-13(8-10-14)18-16-15(11-21-18)17(22-19-16)12-5-3-2-4-6-12/h2-10,15,17-18H,11H2,1H3/t15-,17-,18+/m0/s1. The quantitative estimate of drug-likeness (QED) is 0.870. The molecule has 0 aromatic heterocycles. The molecule has 4 rings (SSSR count). The van der Waals surface area contributed by atoms with Crippen LogP contribution in [0.25, 0.3) is 0 Å². The number of hydrogen-bond acceptors (Lipinski definition) is 4. The van der Waals surface area contributed by atoms with Crippen molar-refractivity contribution in [2.45, 2.75) is 12.2 Å². The van der Waals surface area contributed by atoms with Crippen molar-refractivity contribution in [3.8, 4) is 5.75 Å². The van der Waals surface area contributed by atoms with Crippen LogP contribution in [0.3, 0.4) is 0 Å². The number of rotatable bonds is 3. The highest BCUT2D eigenvalue weighted by molar-refractivity contribution is 5.94. The highest BCUT2D eigenvalue weighted by atomic mass is 16.7. The Morgan fingerprint density at radius 2 is 1.77 bits per heavy atom. The Labute approximate surface area is 129 Å². The molecule has 0 unspecified atom stereocenters. The van der Waals surface area contributed by atoms with Crippen molar-refractivity contribution >= 4 is 5.71 Å². The Hall–Kier alpha value is -2.33. The molecule has 1 saturated heterocycles. The summed E-state index contributed by atoms with van der Waals surface area (Å²) < 4.78 is 11.2. The zero-order valence-corrected chi connectivity index (χ0v) is 12.3. The van der Waals surface area contributed by atoms with Crippen molar-refractivity contribution in [2.24, 2.45) is 11.1 Å². The maximum absolute atomic E-state index is 5.98. The molecule has 2 aromatic carbocycles. The Morgan fingerprint density at radius 3 is 2.50 bits per heavy atom. The lowest BCUT2D eigenvalue weighted by atomic mass is 9.91. The van der Waals surface area contributed by atoms with Crippen molar-refractivity contribution in [3.63, 3.8) is 0 Å². The number of ether oxygens (including phenoxy) is 2. The van der Waals surface area contributed by atoms with Gasteiger partial charge in [0.1, 0.15) is 17.6 Å². The normalized spacial score (nSPS) is 26.2. The zero-order valence-electron chi connectivity index (χ0n) is 12.3. The molecule has 3 atom stereocenters. The zero-order chi connectivity index (χ0) is 14.9. The highest BCUT2D eigenvalue weighted by Gasteiger charge is 2.45. The van der Waals surface area contributed by atoms with Gasteiger partial charge in [-0.25, -0.2) is 0 Å². The predicted octanol–water partition coefficient (Wildman–Crippen LogP) is 3.51. The van der Waals surface area contributed by atoms with Crippen LogP contribution in [0.15, 0.2) is 59.8 Å². The van der Waals surface area contributed by atoms with Gasteiger partial charge in [0.2, 0.25) is 0 Å². The third kappa shape index (κ3) is 2.16. The van der Waals surface area contributed by atoms with Gasteiger partial charge in [0.25, 0.3) is 0 Å². The first-order valence-corrected chi connectivity index (χ1v) is 7.41. The van der Waals surface area contributed by atoms with E-state index >= 15 is 0 Å². The molecule has 22 heavy (non-hydrogen) atoms. The lowest BCUT2D eigenvalue weighted by Gasteiger charge is -2.13. The molecule has 2 aliphatic rings. The van der Waals surface area contributed by atoms with Crippen LogP contribution in [0.1, 0.15) is 23.3 Å². The smallest absolute Gasteiger partial charge is 0.163 e. The van der Waals surface area contributed by atoms with Gasteiger partial charge in [-0.1, -0.05) is 47.6 Å². The van der Waals surface area contributed by atoms with Gasteiger partial charge in [0.05, 0.1) is 19.6 Å². The summed E-state index contributed by atoms with van der Waals surface area (Å²) in [5, 5.41) is 4.32. The fourth-order valence-electron chi connectivity index (χ4n) is 3.10. The van der Waals surface area contributed by atoms with E-state index in [4.69, 9.17) is 14.3 Å². The lowest BCUT2D eigenvalue weighted by Crippen LogP contribution is -2.16. The van der Waals surface area contributed by atoms with Crippen molar-refractivity contribution in [1.29, 1.82) is 0 Å². The Morgan fingerprint density at radius 1 is 1.00 bits per heavy atom. The van der Waals surface area contributed by atoms with Crippen molar-refractivity contribution in [1.82, 2.24) is 0 Å². The molecule has 0 radical (unpaired) electrons. The number of hydrogen-bond donors (Lipinski definition) is 0. The molecule has 0 aliphatic carbocycles. The second kappa shape index (κ2) is 5.46. The minimum Gasteiger partial charge on any atom is -0.497 e. The fraction of sp³-hybridized carbons (Fsp3) is 0.278. The van der Waals surface area contributed by atoms with Crippen LogP contribution in [0.5, 0.6) is 5.75 Å². The maximum atomic E-state index is 5.98. The molecule has 1 fully saturated rings. The number of oxime groups is 1. The Bertz CT molecular complexity index is 681. The fourth-order valence-corrected chi connectivity index (χ4v) is 3.10. The summed E-state index contributed by atoms with van der Waals surface area (Å²) in [5.74, 6) is 1.03. The van der Waals surface area contributed by atoms with E-state index in [2.05, 4.69) is 17.3 Å². The Kier molecular flexibility index (Phi) is 3.31. The maximum Gasteiger partial charge on any atom is 0.163 e. The van der Waals surface area contributed by atoms with Gasteiger partial charge in [0.15, 0.2) is 6.10 Å². The molecule has 0 bridgehead atoms. The third-order valence-electron chi connectivity index (χ3n) is 4.27. The van der Waals surface area contributed by atoms with Crippen molar-refractivity contribution in [3.05, 3.63) is 65.7 Å². The van der Waals surface area contributed by atoms with E-state index in [9.17, 15) is 0 Å². The summed E-state index contributed by atoms with van der Waals surface area (Å²) in [5.41, 5.74) is 3.21. The van der Waals surface area contributed by atoms with Crippen LogP contribution in [0.4, 0.5) is 0 Å². The predicted molar refractivity (Wildman–Crippen MR) is 82.9 cm³/mol. The molecule has 0 amide bonds. The second-order valence-corrected chi connectivity index (χ2v) is 5.55. The van der Waals surface area contributed by atoms with E-state index in [-0.39, 0.29) is 18.1 Å². The molecular formula is C18H17NO3. The molecule has 2 aromatic rings. The largest absolute Gasteiger partial charge is 0.497 e. The highest BCUT2D eigenvalue weighted by Crippen LogP contribution is 2.43. The van der Waals surface area contributed by atoms with Crippen LogP contribution >= 0.6 is 0 Å². The molecule has 2 heterocycles. The van der Waals surface area contributed by atoms with Gasteiger partial charge in [-0.15, -0.1) is 0 Å². The number of methoxy groups -OCH3 is 1. The summed E-state index contributed by atoms with van der Waals surface area (Å²) in [6, 6.07) is 18.1. The molecule has 0 spiro atoms. The minimum atomic E-state index is -0.121. The molecule has 4 heteroatoms. The van der Waals surface area contributed by atoms with Crippen molar-refractivity contribution in [2.75, 3.05) is 13.7 Å². The molecular weight excluding hydrogens is 278 g/mol. The first kappa shape index (κ1) is 13.3. The van der Waals surface area contributed by atoms with Gasteiger partial charge in [-0.2, -0.15) is 0 Å². The van der Waals surface area contributed by atoms with Gasteiger partial charge < -0.3 is 14.3 Å². The van der Waals surface area contributed by atoms with Crippen LogP contribution in [-0.4, -0.2) is 19.4 Å². The summed E-state index contributed by atoms with van der Waals surface area (Å²) >= 11 is 0. The lowest BCUT2D eigenvalue weighted by molar-refractivity contribution is 0.0242. The first-order valence-electron chi connectivity index (χ1n) is 7.41. The van der Waals surface area contributed by atoms with Gasteiger partial charge in [-0.05, 0) is 23.3 Å². The van der Waals surface area contributed by atoms with E-state index < -0.39 is 0 Å². The van der Waals surface area contributed by atoms with Gasteiger partial charge in [-0.3, -0.25) is 0 Å². The summed E-state index contributed by atoms with van der Waals surface area (Å²) in [6.07, 6.45) is -0.163. The van der Waals surface area contributed by atoms with E-state index in [1.54, 1.807) is 7.11 Å². The van der Waals surface area contributed by atoms with E-state index in [1.807, 2.05) is 42.5 Å². The monoisotopic (exact) mass is 295 g/mol. The minimum absolute atomic E-state index is 0.0422. The number of fused-ring (bicyclic) bond motifs is 1. The summed E-state index contributed by atoms with van der Waals surface area (Å²) in [7, 11) is 1.66. The van der Waals surface area contributed by atoms with Crippen molar-refractivity contribution < 1.29 is 14.3 Å². The molecule has 2 aliphatic heterocycles. The molecule has 0 saturated carbocycles. The van der Waals surface area contributed by atoms with Crippen LogP contribution < -0.4 is 4.74 Å². The average molecular weight is 295 g/mol. The molecule has 0 N–H and O–H groups in total. The van der Waals surface area contributed by atoms with Gasteiger partial charge >= 0.3 is 0 Å². The van der Waals surface area contributed by atoms with Crippen LogP contribution in [-0.2, 0) is 9.57 Å². The van der Waals surface area contributed by atoms with Crippen LogP contribution in [0, 0.1) is 5.92 Å². The van der Waals surface area contributed by atoms with E-state index in [0.717, 1.165) is 22.6 Å². The SMILES string of the molecule is COc1ccc([C@H]2OC[C@H]3C2=NO[C@H]3c2ccccc2)cc1. The summed E-state index contributed by atoms with van der Waals surface area (Å²) in [6.45, 7) is 0.634. The van der Waals surface area contributed by atoms with Gasteiger partial charge in [0, 0.05) is 0 Å². The summed E-state index contributed by atoms with van der Waals surface area (Å²) in [4.78, 5) is 5.69. The first-order chi connectivity index (χ1) is 10.9. The molecule has 4 nitrogen and oxygen atoms in total. The number of benzene rings is 2.